The topological polar surface area (TPSA) is 93.2 Å². The third-order valence-corrected chi connectivity index (χ3v) is 3.86. The van der Waals surface area contributed by atoms with E-state index in [0.29, 0.717) is 12.5 Å². The molecular weight excluding hydrogens is 324 g/mol. The van der Waals surface area contributed by atoms with E-state index in [4.69, 9.17) is 5.11 Å². The molecule has 25 heavy (non-hydrogen) atoms. The largest absolute Gasteiger partial charge is 0.396 e. The van der Waals surface area contributed by atoms with Gasteiger partial charge in [0.15, 0.2) is 0 Å². The van der Waals surface area contributed by atoms with Gasteiger partial charge in [0.1, 0.15) is 0 Å². The molecule has 0 aromatic rings. The van der Waals surface area contributed by atoms with Crippen molar-refractivity contribution < 1.29 is 19.5 Å². The number of rotatable bonds is 1. The fraction of sp³-hybridized carbons (Fsp3) is 0.824. The lowest BCUT2D eigenvalue weighted by atomic mass is 10.4. The number of carbonyl (C=O) groups is 3. The van der Waals surface area contributed by atoms with Crippen molar-refractivity contribution in [1.82, 2.24) is 20.0 Å². The van der Waals surface area contributed by atoms with Crippen molar-refractivity contribution in [1.29, 1.82) is 0 Å². The van der Waals surface area contributed by atoms with Gasteiger partial charge in [0, 0.05) is 66.8 Å². The lowest BCUT2D eigenvalue weighted by Crippen LogP contribution is -2.25. The van der Waals surface area contributed by atoms with Crippen LogP contribution < -0.4 is 5.32 Å². The van der Waals surface area contributed by atoms with Gasteiger partial charge in [0.2, 0.25) is 11.8 Å². The maximum atomic E-state index is 10.8. The molecule has 4 amide bonds. The van der Waals surface area contributed by atoms with Crippen LogP contribution in [-0.2, 0) is 9.59 Å². The molecule has 0 aliphatic carbocycles. The van der Waals surface area contributed by atoms with E-state index in [1.807, 2.05) is 28.1 Å². The monoisotopic (exact) mass is 358 g/mol. The molecule has 0 saturated carbocycles. The van der Waals surface area contributed by atoms with Crippen LogP contribution in [0, 0.1) is 0 Å². The third kappa shape index (κ3) is 10.6. The molecule has 146 valence electrons. The minimum Gasteiger partial charge on any atom is -0.396 e. The lowest BCUT2D eigenvalue weighted by Gasteiger charge is -2.07. The van der Waals surface area contributed by atoms with Crippen molar-refractivity contribution in [2.24, 2.45) is 0 Å². The van der Waals surface area contributed by atoms with E-state index in [1.54, 1.807) is 14.7 Å². The summed E-state index contributed by atoms with van der Waals surface area (Å²) in [6.07, 6.45) is 4.45. The van der Waals surface area contributed by atoms with Gasteiger partial charge < -0.3 is 25.1 Å². The molecule has 3 rings (SSSR count). The van der Waals surface area contributed by atoms with Crippen LogP contribution in [0.1, 0.15) is 39.0 Å². The maximum absolute atomic E-state index is 10.8. The van der Waals surface area contributed by atoms with Gasteiger partial charge in [0.05, 0.1) is 0 Å². The Hall–Kier alpha value is -1.83. The van der Waals surface area contributed by atoms with Crippen LogP contribution in [0.3, 0.4) is 0 Å². The van der Waals surface area contributed by atoms with E-state index in [-0.39, 0.29) is 11.9 Å². The lowest BCUT2D eigenvalue weighted by molar-refractivity contribution is -0.126. The fourth-order valence-corrected chi connectivity index (χ4v) is 2.13. The van der Waals surface area contributed by atoms with Crippen molar-refractivity contribution in [2.45, 2.75) is 39.0 Å². The number of likely N-dealkylation sites (N-methyl/N-ethyl adjacent to an activating group) is 2. The molecule has 8 nitrogen and oxygen atoms in total. The SMILES string of the molecule is CCCO.CN1CCCC1=O.CN1CCN(C)C1=O.O=C1CCCN1. The number of hydrogen-bond donors (Lipinski definition) is 2. The van der Waals surface area contributed by atoms with Crippen LogP contribution in [0.2, 0.25) is 0 Å². The molecular formula is C17H34N4O4. The first kappa shape index (κ1) is 23.2. The van der Waals surface area contributed by atoms with E-state index in [1.165, 1.54) is 0 Å². The Balaban J connectivity index is 0.000000316. The molecule has 3 saturated heterocycles. The Morgan fingerprint density at radius 2 is 1.48 bits per heavy atom. The molecule has 3 heterocycles. The van der Waals surface area contributed by atoms with Crippen molar-refractivity contribution in [3.8, 4) is 0 Å². The molecule has 2 N–H and O–H groups in total. The Morgan fingerprint density at radius 3 is 1.60 bits per heavy atom. The van der Waals surface area contributed by atoms with Gasteiger partial charge in [-0.05, 0) is 19.3 Å². The summed E-state index contributed by atoms with van der Waals surface area (Å²) in [5.41, 5.74) is 0. The third-order valence-electron chi connectivity index (χ3n) is 3.86. The minimum absolute atomic E-state index is 0.130. The summed E-state index contributed by atoms with van der Waals surface area (Å²) >= 11 is 0. The number of nitrogens with one attached hydrogen (secondary N) is 1. The highest BCUT2D eigenvalue weighted by Crippen LogP contribution is 2.04. The van der Waals surface area contributed by atoms with Crippen LogP contribution in [-0.4, -0.2) is 91.6 Å². The molecule has 0 radical (unpaired) electrons. The van der Waals surface area contributed by atoms with Crippen LogP contribution in [0.25, 0.3) is 0 Å². The number of aliphatic hydroxyl groups is 1. The maximum Gasteiger partial charge on any atom is 0.319 e. The molecule has 0 spiro atoms. The first-order chi connectivity index (χ1) is 11.8. The summed E-state index contributed by atoms with van der Waals surface area (Å²) in [5.74, 6) is 0.495. The first-order valence-corrected chi connectivity index (χ1v) is 8.91. The van der Waals surface area contributed by atoms with E-state index in [9.17, 15) is 14.4 Å². The smallest absolute Gasteiger partial charge is 0.319 e. The highest BCUT2D eigenvalue weighted by Gasteiger charge is 2.20. The zero-order valence-corrected chi connectivity index (χ0v) is 16.1. The summed E-state index contributed by atoms with van der Waals surface area (Å²) in [5, 5.41) is 10.6. The first-order valence-electron chi connectivity index (χ1n) is 8.91. The minimum atomic E-state index is 0.130. The summed E-state index contributed by atoms with van der Waals surface area (Å²) < 4.78 is 0. The summed E-state index contributed by atoms with van der Waals surface area (Å²) in [7, 11) is 5.47. The van der Waals surface area contributed by atoms with Gasteiger partial charge in [-0.2, -0.15) is 0 Å². The van der Waals surface area contributed by atoms with Gasteiger partial charge in [-0.15, -0.1) is 0 Å². The normalized spacial score (nSPS) is 18.8. The van der Waals surface area contributed by atoms with Crippen molar-refractivity contribution in [3.05, 3.63) is 0 Å². The number of amides is 4. The number of hydrogen-bond acceptors (Lipinski definition) is 4. The number of urea groups is 1. The number of carbonyl (C=O) groups excluding carboxylic acids is 3. The van der Waals surface area contributed by atoms with Gasteiger partial charge >= 0.3 is 6.03 Å². The van der Waals surface area contributed by atoms with Crippen molar-refractivity contribution in [2.75, 3.05) is 53.9 Å². The quantitative estimate of drug-likeness (QED) is 0.714. The van der Waals surface area contributed by atoms with Crippen LogP contribution >= 0.6 is 0 Å². The van der Waals surface area contributed by atoms with Gasteiger partial charge in [-0.3, -0.25) is 9.59 Å². The Morgan fingerprint density at radius 1 is 0.920 bits per heavy atom. The molecule has 3 aliphatic heterocycles. The summed E-state index contributed by atoms with van der Waals surface area (Å²) in [6, 6.07) is 0.130. The zero-order chi connectivity index (χ0) is 19.2. The molecule has 3 fully saturated rings. The molecule has 0 aromatic heterocycles. The number of aliphatic hydroxyl groups excluding tert-OH is 1. The predicted octanol–water partition coefficient (Wildman–Crippen LogP) is 0.507. The van der Waals surface area contributed by atoms with Crippen molar-refractivity contribution >= 4 is 17.8 Å². The molecule has 0 aromatic carbocycles. The molecule has 8 heteroatoms. The van der Waals surface area contributed by atoms with E-state index in [2.05, 4.69) is 5.32 Å². The predicted molar refractivity (Wildman–Crippen MR) is 97.1 cm³/mol. The molecule has 0 bridgehead atoms. The Labute approximate surface area is 151 Å². The number of nitrogens with zero attached hydrogens (tertiary/aromatic N) is 3. The highest BCUT2D eigenvalue weighted by molar-refractivity contribution is 5.78. The second kappa shape index (κ2) is 13.5. The average molecular weight is 358 g/mol. The van der Waals surface area contributed by atoms with E-state index >= 15 is 0 Å². The van der Waals surface area contributed by atoms with Crippen LogP contribution in [0.15, 0.2) is 0 Å². The van der Waals surface area contributed by atoms with Crippen LogP contribution in [0.5, 0.6) is 0 Å². The van der Waals surface area contributed by atoms with E-state index in [0.717, 1.165) is 58.3 Å². The Bertz CT molecular complexity index is 395. The summed E-state index contributed by atoms with van der Waals surface area (Å²) in [4.78, 5) is 36.6. The van der Waals surface area contributed by atoms with Gasteiger partial charge in [-0.1, -0.05) is 6.92 Å². The average Bonchev–Trinajstić information content (AvgIpc) is 3.30. The van der Waals surface area contributed by atoms with Gasteiger partial charge in [0.25, 0.3) is 0 Å². The molecule has 3 aliphatic rings. The molecule has 0 unspecified atom stereocenters. The summed E-state index contributed by atoms with van der Waals surface area (Å²) in [6.45, 7) is 5.84. The standard InChI is InChI=1S/C5H10N2O.C5H9NO.C4H7NO.C3H8O/c1-6-3-4-7(2)5(6)8;1-6-4-2-3-5(6)7;6-4-2-1-3-5-4;1-2-3-4/h3-4H2,1-2H3;2-4H2,1H3;1-3H2,(H,5,6);4H,2-3H2,1H3. The van der Waals surface area contributed by atoms with Gasteiger partial charge in [-0.25, -0.2) is 4.79 Å². The Kier molecular flexibility index (Phi) is 12.5. The second-order valence-corrected chi connectivity index (χ2v) is 6.22. The number of likely N-dealkylation sites (tertiary alicyclic amines) is 1. The van der Waals surface area contributed by atoms with Crippen LogP contribution in [0.4, 0.5) is 4.79 Å². The molecule has 0 atom stereocenters. The zero-order valence-electron chi connectivity index (χ0n) is 16.1. The van der Waals surface area contributed by atoms with Crippen molar-refractivity contribution in [3.63, 3.8) is 0 Å². The second-order valence-electron chi connectivity index (χ2n) is 6.22. The highest BCUT2D eigenvalue weighted by atomic mass is 16.2. The van der Waals surface area contributed by atoms with E-state index < -0.39 is 0 Å². The fourth-order valence-electron chi connectivity index (χ4n) is 2.13.